The molecule has 3 N–H and O–H groups in total. The molecule has 0 radical (unpaired) electrons. The maximum Gasteiger partial charge on any atom is 0.0969 e. The Morgan fingerprint density at radius 2 is 0.963 bits per heavy atom. The summed E-state index contributed by atoms with van der Waals surface area (Å²) in [5, 5.41) is 9.49. The van der Waals surface area contributed by atoms with Crippen LogP contribution < -0.4 is 23.7 Å². The van der Waals surface area contributed by atoms with E-state index in [0.29, 0.717) is 0 Å². The molecule has 0 aromatic carbocycles. The first-order valence-electron chi connectivity index (χ1n) is 7.83. The fraction of sp³-hybridized carbons (Fsp3) is 0.450. The molecule has 0 amide bonds. The van der Waals surface area contributed by atoms with Crippen LogP contribution in [0.2, 0.25) is 0 Å². The van der Waals surface area contributed by atoms with Crippen LogP contribution in [0.15, 0.2) is 62.8 Å². The van der Waals surface area contributed by atoms with E-state index in [1.165, 1.54) is 6.92 Å². The Morgan fingerprint density at radius 1 is 0.815 bits per heavy atom. The SMILES string of the molecule is C=C(C)C(=O)[O-].C=CC[N+](C)(C)CC=C.C=CC[N+](C)(C)CC=C.Cl.N.[Cl-]. The zero-order valence-electron chi connectivity index (χ0n) is 17.9. The van der Waals surface area contributed by atoms with E-state index in [2.05, 4.69) is 61.1 Å². The summed E-state index contributed by atoms with van der Waals surface area (Å²) >= 11 is 0. The lowest BCUT2D eigenvalue weighted by Crippen LogP contribution is -3.00. The predicted octanol–water partition coefficient (Wildman–Crippen LogP) is -0.230. The number of likely N-dealkylation sites (N-methyl/N-ethyl adjacent to an activating group) is 2. The molecule has 0 rings (SSSR count). The monoisotopic (exact) mass is 425 g/mol. The number of hydrogen-bond acceptors (Lipinski definition) is 3. The van der Waals surface area contributed by atoms with Crippen LogP contribution in [0.3, 0.4) is 0 Å². The highest BCUT2D eigenvalue weighted by Gasteiger charge is 2.08. The minimum absolute atomic E-state index is 0. The number of carboxylic acids is 1. The third kappa shape index (κ3) is 36.3. The maximum atomic E-state index is 9.49. The molecule has 27 heavy (non-hydrogen) atoms. The quantitative estimate of drug-likeness (QED) is 0.315. The highest BCUT2D eigenvalue weighted by atomic mass is 35.5. The van der Waals surface area contributed by atoms with Gasteiger partial charge in [0.15, 0.2) is 0 Å². The van der Waals surface area contributed by atoms with Crippen molar-refractivity contribution in [2.75, 3.05) is 54.4 Å². The second-order valence-electron chi connectivity index (χ2n) is 6.82. The first kappa shape index (κ1) is 40.3. The smallest absolute Gasteiger partial charge is 0.0969 e. The Balaban J connectivity index is -0.0000000592. The number of hydrogen-bond donors (Lipinski definition) is 1. The van der Waals surface area contributed by atoms with Crippen molar-refractivity contribution in [2.24, 2.45) is 0 Å². The fourth-order valence-electron chi connectivity index (χ4n) is 1.55. The van der Waals surface area contributed by atoms with Crippen LogP contribution in [-0.4, -0.2) is 69.3 Å². The molecule has 0 aromatic rings. The van der Waals surface area contributed by atoms with Gasteiger partial charge in [0.25, 0.3) is 0 Å². The molecule has 5 nitrogen and oxygen atoms in total. The van der Waals surface area contributed by atoms with Gasteiger partial charge in [-0.15, -0.1) is 12.4 Å². The van der Waals surface area contributed by atoms with Gasteiger partial charge < -0.3 is 37.4 Å². The van der Waals surface area contributed by atoms with Crippen LogP contribution in [0, 0.1) is 0 Å². The average molecular weight is 426 g/mol. The van der Waals surface area contributed by atoms with Crippen molar-refractivity contribution >= 4 is 18.4 Å². The lowest BCUT2D eigenvalue weighted by atomic mass is 10.4. The van der Waals surface area contributed by atoms with Crippen molar-refractivity contribution in [3.05, 3.63) is 62.8 Å². The Bertz CT molecular complexity index is 371. The first-order valence-corrected chi connectivity index (χ1v) is 7.83. The van der Waals surface area contributed by atoms with Crippen LogP contribution in [-0.2, 0) is 4.79 Å². The molecule has 162 valence electrons. The average Bonchev–Trinajstić information content (AvgIpc) is 2.39. The van der Waals surface area contributed by atoms with E-state index >= 15 is 0 Å². The fourth-order valence-corrected chi connectivity index (χ4v) is 1.55. The van der Waals surface area contributed by atoms with E-state index in [1.807, 2.05) is 24.3 Å². The lowest BCUT2D eigenvalue weighted by molar-refractivity contribution is -0.878. The second kappa shape index (κ2) is 22.7. The van der Waals surface area contributed by atoms with E-state index in [-0.39, 0.29) is 36.5 Å². The van der Waals surface area contributed by atoms with Gasteiger partial charge in [-0.2, -0.15) is 0 Å². The second-order valence-corrected chi connectivity index (χ2v) is 6.82. The summed E-state index contributed by atoms with van der Waals surface area (Å²) in [5.74, 6) is -1.19. The van der Waals surface area contributed by atoms with E-state index in [9.17, 15) is 9.90 Å². The van der Waals surface area contributed by atoms with E-state index < -0.39 is 5.97 Å². The lowest BCUT2D eigenvalue weighted by Gasteiger charge is -2.26. The van der Waals surface area contributed by atoms with Crippen molar-refractivity contribution in [3.63, 3.8) is 0 Å². The molecule has 0 saturated carbocycles. The predicted molar refractivity (Wildman–Crippen MR) is 117 cm³/mol. The zero-order valence-corrected chi connectivity index (χ0v) is 19.5. The van der Waals surface area contributed by atoms with Crippen molar-refractivity contribution in [1.29, 1.82) is 0 Å². The highest BCUT2D eigenvalue weighted by molar-refractivity contribution is 5.85. The van der Waals surface area contributed by atoms with Gasteiger partial charge in [-0.25, -0.2) is 0 Å². The zero-order chi connectivity index (χ0) is 19.8. The molecule has 0 aliphatic carbocycles. The van der Waals surface area contributed by atoms with Crippen molar-refractivity contribution in [2.45, 2.75) is 6.92 Å². The van der Waals surface area contributed by atoms with Crippen LogP contribution in [0.5, 0.6) is 0 Å². The first-order chi connectivity index (χ1) is 10.9. The Labute approximate surface area is 180 Å². The molecular formula is C20H41Cl2N3O2. The van der Waals surface area contributed by atoms with Crippen LogP contribution in [0.1, 0.15) is 6.92 Å². The summed E-state index contributed by atoms with van der Waals surface area (Å²) in [4.78, 5) is 9.49. The molecule has 0 saturated heterocycles. The summed E-state index contributed by atoms with van der Waals surface area (Å²) in [6.45, 7) is 23.2. The topological polar surface area (TPSA) is 75.1 Å². The number of carbonyl (C=O) groups is 1. The van der Waals surface area contributed by atoms with Crippen molar-refractivity contribution < 1.29 is 31.3 Å². The third-order valence-electron chi connectivity index (χ3n) is 2.84. The van der Waals surface area contributed by atoms with E-state index in [1.54, 1.807) is 0 Å². The molecule has 0 atom stereocenters. The Morgan fingerprint density at radius 3 is 1.04 bits per heavy atom. The summed E-state index contributed by atoms with van der Waals surface area (Å²) in [6, 6.07) is 0. The summed E-state index contributed by atoms with van der Waals surface area (Å²) in [6.07, 6.45) is 7.74. The van der Waals surface area contributed by atoms with Crippen LogP contribution in [0.25, 0.3) is 0 Å². The highest BCUT2D eigenvalue weighted by Crippen LogP contribution is 1.95. The molecule has 0 heterocycles. The minimum atomic E-state index is -1.19. The maximum absolute atomic E-state index is 9.49. The minimum Gasteiger partial charge on any atom is -1.00 e. The number of aliphatic carboxylic acids is 1. The van der Waals surface area contributed by atoms with Gasteiger partial charge in [-0.1, -0.05) is 32.9 Å². The molecular weight excluding hydrogens is 385 g/mol. The van der Waals surface area contributed by atoms with Gasteiger partial charge in [0.2, 0.25) is 0 Å². The number of halogens is 2. The number of carboxylic acid groups (broad SMARTS) is 1. The van der Waals surface area contributed by atoms with Gasteiger partial charge in [-0.3, -0.25) is 0 Å². The van der Waals surface area contributed by atoms with Gasteiger partial charge in [0.1, 0.15) is 0 Å². The van der Waals surface area contributed by atoms with Gasteiger partial charge >= 0.3 is 0 Å². The summed E-state index contributed by atoms with van der Waals surface area (Å²) in [5.41, 5.74) is 0.0648. The van der Waals surface area contributed by atoms with E-state index in [0.717, 1.165) is 35.1 Å². The summed E-state index contributed by atoms with van der Waals surface area (Å²) < 4.78 is 1.90. The van der Waals surface area contributed by atoms with Crippen molar-refractivity contribution in [1.82, 2.24) is 6.15 Å². The Hall–Kier alpha value is -1.37. The number of carbonyl (C=O) groups excluding carboxylic acids is 1. The number of rotatable bonds is 9. The molecule has 7 heteroatoms. The van der Waals surface area contributed by atoms with Crippen LogP contribution >= 0.6 is 12.4 Å². The van der Waals surface area contributed by atoms with Gasteiger partial charge in [-0.05, 0) is 36.8 Å². The van der Waals surface area contributed by atoms with Gasteiger partial charge in [0.05, 0.1) is 60.3 Å². The molecule has 0 bridgehead atoms. The standard InChI is InChI=1S/2C8H16N.C4H6O2.2ClH.H3N/c2*1-5-7-9(3,4)8-6-2;1-3(2)4(5)6;;;/h2*5-6H,1-2,7-8H2,3-4H3;1H2,2H3,(H,5,6);2*1H;1H3/q2*+1;;;;/p-2. The number of nitrogens with zero attached hydrogens (tertiary/aromatic N) is 2. The van der Waals surface area contributed by atoms with Crippen molar-refractivity contribution in [3.8, 4) is 0 Å². The number of quaternary nitrogens is 2. The molecule has 0 fully saturated rings. The molecule has 0 unspecified atom stereocenters. The molecule has 0 spiro atoms. The molecule has 0 aliphatic rings. The Kier molecular flexibility index (Phi) is 33.9. The normalized spacial score (nSPS) is 8.93. The summed E-state index contributed by atoms with van der Waals surface area (Å²) in [7, 11) is 8.62. The largest absolute Gasteiger partial charge is 1.00 e. The molecule has 0 aliphatic heterocycles. The van der Waals surface area contributed by atoms with Crippen LogP contribution in [0.4, 0.5) is 0 Å². The third-order valence-corrected chi connectivity index (χ3v) is 2.84. The van der Waals surface area contributed by atoms with Gasteiger partial charge in [0, 0.05) is 0 Å². The molecule has 0 aromatic heterocycles. The van der Waals surface area contributed by atoms with E-state index in [4.69, 9.17) is 0 Å².